The summed E-state index contributed by atoms with van der Waals surface area (Å²) in [7, 11) is 1.83. The Hall–Kier alpha value is -0.580. The fourth-order valence-corrected chi connectivity index (χ4v) is 3.70. The van der Waals surface area contributed by atoms with Crippen LogP contribution in [-0.4, -0.2) is 33.7 Å². The summed E-state index contributed by atoms with van der Waals surface area (Å²) in [5.41, 5.74) is 1.83. The second-order valence-electron chi connectivity index (χ2n) is 6.07. The lowest BCUT2D eigenvalue weighted by Crippen LogP contribution is -2.38. The molecule has 2 rings (SSSR count). The maximum Gasteiger partial charge on any atom is 0.130 e. The zero-order chi connectivity index (χ0) is 15.4. The number of aliphatic hydroxyl groups excluding tert-OH is 1. The zero-order valence-corrected chi connectivity index (χ0v) is 14.1. The van der Waals surface area contributed by atoms with Gasteiger partial charge in [0.1, 0.15) is 5.15 Å². The Morgan fingerprint density at radius 1 is 1.38 bits per heavy atom. The molecule has 2 atom stereocenters. The summed E-state index contributed by atoms with van der Waals surface area (Å²) in [6, 6.07) is 0. The maximum atomic E-state index is 10.7. The number of aliphatic hydroxyl groups is 1. The standard InChI is InChI=1S/C16H27ClN2O2/c1-4-21-15(12-8-6-5-7-9-12)14(20)10-13-11(2)18-19(3)16(13)17/h12,14-15,20H,4-10H2,1-3H3. The Kier molecular flexibility index (Phi) is 6.08. The first-order valence-corrected chi connectivity index (χ1v) is 8.40. The van der Waals surface area contributed by atoms with E-state index in [1.165, 1.54) is 19.3 Å². The first-order valence-electron chi connectivity index (χ1n) is 8.02. The minimum absolute atomic E-state index is 0.0917. The van der Waals surface area contributed by atoms with Crippen molar-refractivity contribution in [2.45, 2.75) is 64.6 Å². The topological polar surface area (TPSA) is 47.3 Å². The van der Waals surface area contributed by atoms with Crippen LogP contribution in [0.25, 0.3) is 0 Å². The monoisotopic (exact) mass is 314 g/mol. The van der Waals surface area contributed by atoms with Gasteiger partial charge in [-0.3, -0.25) is 4.68 Å². The van der Waals surface area contributed by atoms with Crippen molar-refractivity contribution in [3.63, 3.8) is 0 Å². The van der Waals surface area contributed by atoms with E-state index in [4.69, 9.17) is 16.3 Å². The maximum absolute atomic E-state index is 10.7. The number of hydrogen-bond donors (Lipinski definition) is 1. The predicted octanol–water partition coefficient (Wildman–Crippen LogP) is 3.27. The van der Waals surface area contributed by atoms with Gasteiger partial charge in [-0.15, -0.1) is 0 Å². The molecule has 1 heterocycles. The summed E-state index contributed by atoms with van der Waals surface area (Å²) in [4.78, 5) is 0. The summed E-state index contributed by atoms with van der Waals surface area (Å²) >= 11 is 6.27. The van der Waals surface area contributed by atoms with Gasteiger partial charge in [0, 0.05) is 25.6 Å². The molecule has 1 saturated carbocycles. The Morgan fingerprint density at radius 3 is 2.57 bits per heavy atom. The van der Waals surface area contributed by atoms with Crippen LogP contribution >= 0.6 is 11.6 Å². The third kappa shape index (κ3) is 3.99. The van der Waals surface area contributed by atoms with Gasteiger partial charge in [-0.1, -0.05) is 30.9 Å². The average molecular weight is 315 g/mol. The molecule has 4 nitrogen and oxygen atoms in total. The number of ether oxygens (including phenoxy) is 1. The molecule has 21 heavy (non-hydrogen) atoms. The van der Waals surface area contributed by atoms with Gasteiger partial charge in [0.15, 0.2) is 0 Å². The summed E-state index contributed by atoms with van der Waals surface area (Å²) in [5.74, 6) is 0.462. The highest BCUT2D eigenvalue weighted by Crippen LogP contribution is 2.31. The third-order valence-electron chi connectivity index (χ3n) is 4.54. The first-order chi connectivity index (χ1) is 10.0. The molecule has 0 aromatic carbocycles. The second-order valence-corrected chi connectivity index (χ2v) is 6.43. The molecular weight excluding hydrogens is 288 g/mol. The lowest BCUT2D eigenvalue weighted by atomic mass is 9.82. The van der Waals surface area contributed by atoms with Crippen LogP contribution in [0.4, 0.5) is 0 Å². The van der Waals surface area contributed by atoms with Gasteiger partial charge in [-0.05, 0) is 32.6 Å². The first kappa shape index (κ1) is 16.8. The average Bonchev–Trinajstić information content (AvgIpc) is 2.72. The van der Waals surface area contributed by atoms with Crippen LogP contribution in [0.1, 0.15) is 50.3 Å². The molecule has 1 N–H and O–H groups in total. The summed E-state index contributed by atoms with van der Waals surface area (Å²) < 4.78 is 7.54. The molecule has 0 spiro atoms. The predicted molar refractivity (Wildman–Crippen MR) is 84.7 cm³/mol. The van der Waals surface area contributed by atoms with Crippen LogP contribution in [0.2, 0.25) is 5.15 Å². The van der Waals surface area contributed by atoms with Crippen LogP contribution in [0.15, 0.2) is 0 Å². The minimum Gasteiger partial charge on any atom is -0.390 e. The highest BCUT2D eigenvalue weighted by atomic mass is 35.5. The van der Waals surface area contributed by atoms with E-state index in [9.17, 15) is 5.11 Å². The second kappa shape index (κ2) is 7.61. The van der Waals surface area contributed by atoms with Gasteiger partial charge >= 0.3 is 0 Å². The van der Waals surface area contributed by atoms with E-state index >= 15 is 0 Å². The molecule has 1 fully saturated rings. The van der Waals surface area contributed by atoms with Crippen molar-refractivity contribution in [3.8, 4) is 0 Å². The molecule has 0 amide bonds. The van der Waals surface area contributed by atoms with Crippen molar-refractivity contribution < 1.29 is 9.84 Å². The SMILES string of the molecule is CCOC(C(O)Cc1c(C)nn(C)c1Cl)C1CCCCC1. The van der Waals surface area contributed by atoms with E-state index < -0.39 is 6.10 Å². The Bertz CT molecular complexity index is 455. The summed E-state index contributed by atoms with van der Waals surface area (Å²) in [6.45, 7) is 4.56. The number of halogens is 1. The van der Waals surface area contributed by atoms with Gasteiger partial charge in [-0.2, -0.15) is 5.10 Å². The van der Waals surface area contributed by atoms with Crippen molar-refractivity contribution in [3.05, 3.63) is 16.4 Å². The summed E-state index contributed by atoms with van der Waals surface area (Å²) in [5, 5.41) is 15.6. The van der Waals surface area contributed by atoms with Crippen LogP contribution in [-0.2, 0) is 18.2 Å². The molecular formula is C16H27ClN2O2. The van der Waals surface area contributed by atoms with Gasteiger partial charge in [0.2, 0.25) is 0 Å². The molecule has 1 aromatic heterocycles. The van der Waals surface area contributed by atoms with Crippen LogP contribution in [0.5, 0.6) is 0 Å². The van der Waals surface area contributed by atoms with E-state index in [1.807, 2.05) is 20.9 Å². The van der Waals surface area contributed by atoms with E-state index in [1.54, 1.807) is 4.68 Å². The van der Waals surface area contributed by atoms with E-state index in [2.05, 4.69) is 5.10 Å². The molecule has 0 aliphatic heterocycles. The molecule has 0 radical (unpaired) electrons. The normalized spacial score (nSPS) is 19.7. The highest BCUT2D eigenvalue weighted by Gasteiger charge is 2.31. The van der Waals surface area contributed by atoms with Crippen LogP contribution in [0, 0.1) is 12.8 Å². The smallest absolute Gasteiger partial charge is 0.130 e. The van der Waals surface area contributed by atoms with E-state index in [0.717, 1.165) is 24.1 Å². The molecule has 120 valence electrons. The third-order valence-corrected chi connectivity index (χ3v) is 5.01. The number of aromatic nitrogens is 2. The van der Waals surface area contributed by atoms with Crippen molar-refractivity contribution in [2.75, 3.05) is 6.61 Å². The van der Waals surface area contributed by atoms with Crippen molar-refractivity contribution >= 4 is 11.6 Å². The lowest BCUT2D eigenvalue weighted by molar-refractivity contribution is -0.0715. The Labute approximate surface area is 132 Å². The van der Waals surface area contributed by atoms with Crippen molar-refractivity contribution in [1.29, 1.82) is 0 Å². The van der Waals surface area contributed by atoms with Crippen LogP contribution < -0.4 is 0 Å². The molecule has 5 heteroatoms. The molecule has 1 aliphatic carbocycles. The van der Waals surface area contributed by atoms with Gasteiger partial charge < -0.3 is 9.84 Å². The fourth-order valence-electron chi connectivity index (χ4n) is 3.45. The summed E-state index contributed by atoms with van der Waals surface area (Å²) in [6.07, 6.45) is 6.00. The number of aryl methyl sites for hydroxylation is 2. The minimum atomic E-state index is -0.520. The molecule has 2 unspecified atom stereocenters. The quantitative estimate of drug-likeness (QED) is 0.876. The van der Waals surface area contributed by atoms with Gasteiger partial charge in [0.05, 0.1) is 17.9 Å². The largest absolute Gasteiger partial charge is 0.390 e. The number of hydrogen-bond acceptors (Lipinski definition) is 3. The van der Waals surface area contributed by atoms with Gasteiger partial charge in [-0.25, -0.2) is 0 Å². The Balaban J connectivity index is 2.08. The van der Waals surface area contributed by atoms with Crippen molar-refractivity contribution in [1.82, 2.24) is 9.78 Å². The molecule has 0 bridgehead atoms. The number of nitrogens with zero attached hydrogens (tertiary/aromatic N) is 2. The zero-order valence-electron chi connectivity index (χ0n) is 13.3. The van der Waals surface area contributed by atoms with Gasteiger partial charge in [0.25, 0.3) is 0 Å². The van der Waals surface area contributed by atoms with Crippen molar-refractivity contribution in [2.24, 2.45) is 13.0 Å². The molecule has 1 aliphatic rings. The van der Waals surface area contributed by atoms with E-state index in [-0.39, 0.29) is 6.10 Å². The van der Waals surface area contributed by atoms with Crippen LogP contribution in [0.3, 0.4) is 0 Å². The highest BCUT2D eigenvalue weighted by molar-refractivity contribution is 6.30. The lowest BCUT2D eigenvalue weighted by Gasteiger charge is -2.33. The Morgan fingerprint density at radius 2 is 2.05 bits per heavy atom. The van der Waals surface area contributed by atoms with E-state index in [0.29, 0.717) is 24.1 Å². The number of rotatable bonds is 6. The molecule has 0 saturated heterocycles. The molecule has 1 aromatic rings. The fraction of sp³-hybridized carbons (Fsp3) is 0.812.